The zero-order valence-electron chi connectivity index (χ0n) is 28.2. The molecule has 3 aromatic carbocycles. The number of anilines is 5. The summed E-state index contributed by atoms with van der Waals surface area (Å²) in [5.74, 6) is 1.55. The molecule has 0 aliphatic carbocycles. The van der Waals surface area contributed by atoms with Crippen LogP contribution in [0.3, 0.4) is 0 Å². The molecule has 3 saturated heterocycles. The molecule has 258 valence electrons. The first-order valence-electron chi connectivity index (χ1n) is 17.6. The van der Waals surface area contributed by atoms with Gasteiger partial charge in [-0.1, -0.05) is 48.0 Å². The maximum Gasteiger partial charge on any atom is 0.264 e. The number of aromatic hydroxyl groups is 1. The summed E-state index contributed by atoms with van der Waals surface area (Å²) in [4.78, 5) is 21.9. The minimum atomic E-state index is -4.00. The van der Waals surface area contributed by atoms with E-state index in [-0.39, 0.29) is 22.9 Å². The molecular formula is C37H46N8O3S. The standard InChI is InChI=1S/C37H46N8O3S/c1-28-12-15-32(16-13-28)49(47,48)45(27-29-10-4-2-5-11-29)33-17-14-30(26-34(33)46)38-35-39-36(43-22-6-3-7-23-43)41-37(40-35)44-24-18-31(19-25-44)42-20-8-9-21-42/h2,4-5,10-17,26,31,46H,3,6-9,18-25,27H2,1H3,(H,38,39,40,41). The number of rotatable bonds is 10. The number of phenolic OH excluding ortho intramolecular Hbond substituents is 1. The number of nitrogens with one attached hydrogen (secondary N) is 1. The average molecular weight is 683 g/mol. The van der Waals surface area contributed by atoms with E-state index >= 15 is 0 Å². The summed E-state index contributed by atoms with van der Waals surface area (Å²) in [6, 6.07) is 21.7. The maximum absolute atomic E-state index is 14.0. The number of phenols is 1. The van der Waals surface area contributed by atoms with Crippen molar-refractivity contribution >= 4 is 39.2 Å². The maximum atomic E-state index is 14.0. The molecule has 0 unspecified atom stereocenters. The molecule has 3 aliphatic rings. The molecule has 0 saturated carbocycles. The molecule has 12 heteroatoms. The number of piperidine rings is 2. The van der Waals surface area contributed by atoms with Crippen LogP contribution >= 0.6 is 0 Å². The third kappa shape index (κ3) is 7.60. The van der Waals surface area contributed by atoms with E-state index in [0.717, 1.165) is 63.0 Å². The summed E-state index contributed by atoms with van der Waals surface area (Å²) in [7, 11) is -4.00. The van der Waals surface area contributed by atoms with Gasteiger partial charge in [0, 0.05) is 44.0 Å². The molecule has 0 bridgehead atoms. The number of benzene rings is 3. The van der Waals surface area contributed by atoms with Crippen molar-refractivity contribution in [3.63, 3.8) is 0 Å². The van der Waals surface area contributed by atoms with Gasteiger partial charge in [0.2, 0.25) is 17.8 Å². The van der Waals surface area contributed by atoms with Crippen LogP contribution in [0.4, 0.5) is 29.2 Å². The van der Waals surface area contributed by atoms with E-state index in [1.54, 1.807) is 36.4 Å². The number of aromatic nitrogens is 3. The Labute approximate surface area is 289 Å². The summed E-state index contributed by atoms with van der Waals surface area (Å²) < 4.78 is 29.3. The number of sulfonamides is 1. The molecule has 4 heterocycles. The summed E-state index contributed by atoms with van der Waals surface area (Å²) in [6.07, 6.45) is 8.19. The van der Waals surface area contributed by atoms with Crippen molar-refractivity contribution in [3.8, 4) is 5.75 Å². The Morgan fingerprint density at radius 2 is 1.41 bits per heavy atom. The van der Waals surface area contributed by atoms with Gasteiger partial charge in [0.05, 0.1) is 17.1 Å². The molecule has 3 aliphatic heterocycles. The summed E-state index contributed by atoms with van der Waals surface area (Å²) in [5.41, 5.74) is 2.49. The minimum absolute atomic E-state index is 0.0574. The molecule has 4 aromatic rings. The van der Waals surface area contributed by atoms with Crippen molar-refractivity contribution < 1.29 is 13.5 Å². The van der Waals surface area contributed by atoms with Crippen molar-refractivity contribution in [1.82, 2.24) is 19.9 Å². The number of hydrogen-bond acceptors (Lipinski definition) is 10. The van der Waals surface area contributed by atoms with E-state index in [1.807, 2.05) is 37.3 Å². The Balaban J connectivity index is 1.16. The number of aryl methyl sites for hydroxylation is 1. The monoisotopic (exact) mass is 682 g/mol. The fraction of sp³-hybridized carbons (Fsp3) is 0.432. The molecule has 0 atom stereocenters. The zero-order chi connectivity index (χ0) is 33.8. The Bertz CT molecular complexity index is 1820. The van der Waals surface area contributed by atoms with Crippen molar-refractivity contribution in [2.75, 3.05) is 58.7 Å². The Kier molecular flexibility index (Phi) is 9.86. The number of likely N-dealkylation sites (tertiary alicyclic amines) is 1. The van der Waals surface area contributed by atoms with Crippen LogP contribution in [0, 0.1) is 6.92 Å². The summed E-state index contributed by atoms with van der Waals surface area (Å²) in [5, 5.41) is 14.7. The fourth-order valence-corrected chi connectivity index (χ4v) is 8.62. The van der Waals surface area contributed by atoms with Crippen molar-refractivity contribution in [1.29, 1.82) is 0 Å². The SMILES string of the molecule is Cc1ccc(S(=O)(=O)N(Cc2ccccc2)c2ccc(Nc3nc(N4CCCCC4)nc(N4CCC(N5CCCC5)CC4)n3)cc2O)cc1. The third-order valence-corrected chi connectivity index (χ3v) is 11.7. The van der Waals surface area contributed by atoms with Crippen molar-refractivity contribution in [2.45, 2.75) is 69.4 Å². The van der Waals surface area contributed by atoms with Crippen molar-refractivity contribution in [2.24, 2.45) is 0 Å². The molecular weight excluding hydrogens is 637 g/mol. The molecule has 1 aromatic heterocycles. The van der Waals surface area contributed by atoms with E-state index in [4.69, 9.17) is 15.0 Å². The van der Waals surface area contributed by atoms with E-state index in [9.17, 15) is 13.5 Å². The van der Waals surface area contributed by atoms with Gasteiger partial charge in [0.1, 0.15) is 5.75 Å². The van der Waals surface area contributed by atoms with Crippen LogP contribution in [-0.4, -0.2) is 78.7 Å². The van der Waals surface area contributed by atoms with Crippen LogP contribution in [0.15, 0.2) is 77.7 Å². The quantitative estimate of drug-likeness (QED) is 0.204. The smallest absolute Gasteiger partial charge is 0.264 e. The van der Waals surface area contributed by atoms with Gasteiger partial charge in [0.25, 0.3) is 10.0 Å². The van der Waals surface area contributed by atoms with E-state index in [1.165, 1.54) is 42.7 Å². The van der Waals surface area contributed by atoms with Gasteiger partial charge < -0.3 is 25.1 Å². The van der Waals surface area contributed by atoms with E-state index < -0.39 is 10.0 Å². The lowest BCUT2D eigenvalue weighted by molar-refractivity contribution is 0.207. The summed E-state index contributed by atoms with van der Waals surface area (Å²) in [6.45, 7) is 7.98. The van der Waals surface area contributed by atoms with Gasteiger partial charge in [-0.3, -0.25) is 4.31 Å². The number of hydrogen-bond donors (Lipinski definition) is 2. The Morgan fingerprint density at radius 1 is 0.776 bits per heavy atom. The molecule has 0 spiro atoms. The first-order valence-corrected chi connectivity index (χ1v) is 19.0. The highest BCUT2D eigenvalue weighted by atomic mass is 32.2. The predicted molar refractivity (Wildman–Crippen MR) is 194 cm³/mol. The molecule has 3 fully saturated rings. The normalized spacial score (nSPS) is 17.7. The summed E-state index contributed by atoms with van der Waals surface area (Å²) >= 11 is 0. The molecule has 0 radical (unpaired) electrons. The fourth-order valence-electron chi connectivity index (χ4n) is 7.15. The highest BCUT2D eigenvalue weighted by Crippen LogP contribution is 2.36. The number of nitrogens with zero attached hydrogens (tertiary/aromatic N) is 7. The van der Waals surface area contributed by atoms with Crippen LogP contribution in [0.2, 0.25) is 0 Å². The van der Waals surface area contributed by atoms with E-state index in [0.29, 0.717) is 29.6 Å². The largest absolute Gasteiger partial charge is 0.506 e. The predicted octanol–water partition coefficient (Wildman–Crippen LogP) is 6.08. The second kappa shape index (κ2) is 14.6. The third-order valence-electron chi connectivity index (χ3n) is 9.93. The molecule has 2 N–H and O–H groups in total. The zero-order valence-corrected chi connectivity index (χ0v) is 29.0. The highest BCUT2D eigenvalue weighted by Gasteiger charge is 2.30. The van der Waals surface area contributed by atoms with Gasteiger partial charge in [-0.15, -0.1) is 0 Å². The minimum Gasteiger partial charge on any atom is -0.506 e. The average Bonchev–Trinajstić information content (AvgIpc) is 3.67. The molecule has 11 nitrogen and oxygen atoms in total. The Morgan fingerprint density at radius 3 is 2.06 bits per heavy atom. The van der Waals surface area contributed by atoms with Crippen LogP contribution < -0.4 is 19.4 Å². The first kappa shape index (κ1) is 33.1. The molecule has 0 amide bonds. The lowest BCUT2D eigenvalue weighted by Gasteiger charge is -2.37. The van der Waals surface area contributed by atoms with Crippen LogP contribution in [0.1, 0.15) is 56.1 Å². The van der Waals surface area contributed by atoms with Crippen LogP contribution in [-0.2, 0) is 16.6 Å². The second-order valence-electron chi connectivity index (χ2n) is 13.4. The molecule has 49 heavy (non-hydrogen) atoms. The first-order chi connectivity index (χ1) is 23.8. The van der Waals surface area contributed by atoms with Crippen molar-refractivity contribution in [3.05, 3.63) is 83.9 Å². The Hall–Kier alpha value is -4.42. The van der Waals surface area contributed by atoms with Gasteiger partial charge >= 0.3 is 0 Å². The van der Waals surface area contributed by atoms with Crippen LogP contribution in [0.25, 0.3) is 0 Å². The van der Waals surface area contributed by atoms with Gasteiger partial charge in [0.15, 0.2) is 0 Å². The lowest BCUT2D eigenvalue weighted by atomic mass is 10.0. The topological polar surface area (TPSA) is 118 Å². The van der Waals surface area contributed by atoms with E-state index in [2.05, 4.69) is 20.0 Å². The second-order valence-corrected chi connectivity index (χ2v) is 15.3. The van der Waals surface area contributed by atoms with Crippen LogP contribution in [0.5, 0.6) is 5.75 Å². The lowest BCUT2D eigenvalue weighted by Crippen LogP contribution is -2.44. The van der Waals surface area contributed by atoms with Gasteiger partial charge in [-0.25, -0.2) is 8.42 Å². The molecule has 7 rings (SSSR count). The highest BCUT2D eigenvalue weighted by molar-refractivity contribution is 7.92. The van der Waals surface area contributed by atoms with Gasteiger partial charge in [-0.05, 0) is 94.8 Å². The van der Waals surface area contributed by atoms with Gasteiger partial charge in [-0.2, -0.15) is 15.0 Å².